The predicted molar refractivity (Wildman–Crippen MR) is 113 cm³/mol. The Morgan fingerprint density at radius 3 is 2.71 bits per heavy atom. The van der Waals surface area contributed by atoms with Crippen LogP contribution >= 0.6 is 0 Å². The minimum atomic E-state index is -0.556. The molecule has 4 N–H and O–H groups in total. The number of amides is 2. The zero-order chi connectivity index (χ0) is 21.5. The Morgan fingerprint density at radius 1 is 1.23 bits per heavy atom. The summed E-state index contributed by atoms with van der Waals surface area (Å²) in [6.07, 6.45) is 6.37. The van der Waals surface area contributed by atoms with Crippen LogP contribution in [0.1, 0.15) is 52.0 Å². The number of hydrogen-bond acceptors (Lipinski definition) is 6. The van der Waals surface area contributed by atoms with Crippen LogP contribution in [0.5, 0.6) is 0 Å². The van der Waals surface area contributed by atoms with E-state index >= 15 is 0 Å². The van der Waals surface area contributed by atoms with Crippen LogP contribution in [0, 0.1) is 11.3 Å². The van der Waals surface area contributed by atoms with Crippen LogP contribution in [0.2, 0.25) is 0 Å². The van der Waals surface area contributed by atoms with E-state index < -0.39 is 5.91 Å². The highest BCUT2D eigenvalue weighted by Gasteiger charge is 2.43. The zero-order valence-electron chi connectivity index (χ0n) is 16.7. The summed E-state index contributed by atoms with van der Waals surface area (Å²) in [5, 5.41) is 12.6. The van der Waals surface area contributed by atoms with Crippen LogP contribution in [0.25, 0.3) is 11.2 Å². The van der Waals surface area contributed by atoms with E-state index in [-0.39, 0.29) is 24.0 Å². The van der Waals surface area contributed by atoms with Crippen molar-refractivity contribution in [3.05, 3.63) is 53.5 Å². The van der Waals surface area contributed by atoms with Gasteiger partial charge in [0.2, 0.25) is 0 Å². The number of pyridine rings is 1. The van der Waals surface area contributed by atoms with E-state index in [4.69, 9.17) is 11.0 Å². The summed E-state index contributed by atoms with van der Waals surface area (Å²) < 4.78 is 0. The van der Waals surface area contributed by atoms with Crippen LogP contribution < -0.4 is 11.1 Å². The van der Waals surface area contributed by atoms with Crippen LogP contribution in [-0.2, 0) is 0 Å². The number of anilines is 1. The highest BCUT2D eigenvalue weighted by atomic mass is 16.2. The second-order valence-electron chi connectivity index (χ2n) is 8.11. The number of nitrogens with two attached hydrogens (primary N) is 1. The molecule has 3 aromatic rings. The maximum absolute atomic E-state index is 13.2. The number of carbonyl (C=O) groups is 2. The van der Waals surface area contributed by atoms with Crippen molar-refractivity contribution in [3.8, 4) is 6.07 Å². The molecule has 0 radical (unpaired) electrons. The molecule has 2 aliphatic rings. The van der Waals surface area contributed by atoms with Gasteiger partial charge in [-0.05, 0) is 43.9 Å². The number of aromatic nitrogens is 3. The monoisotopic (exact) mass is 415 g/mol. The predicted octanol–water partition coefficient (Wildman–Crippen LogP) is 2.18. The smallest absolute Gasteiger partial charge is 0.254 e. The van der Waals surface area contributed by atoms with Gasteiger partial charge in [-0.2, -0.15) is 5.26 Å². The Labute approximate surface area is 178 Å². The largest absolute Gasteiger partial charge is 0.380 e. The normalized spacial score (nSPS) is 22.3. The van der Waals surface area contributed by atoms with Gasteiger partial charge in [0.25, 0.3) is 11.8 Å². The van der Waals surface area contributed by atoms with Crippen molar-refractivity contribution in [2.75, 3.05) is 5.32 Å². The summed E-state index contributed by atoms with van der Waals surface area (Å²) in [6.45, 7) is 0. The summed E-state index contributed by atoms with van der Waals surface area (Å²) in [5.74, 6) is -0.583. The van der Waals surface area contributed by atoms with Gasteiger partial charge in [-0.15, -0.1) is 0 Å². The van der Waals surface area contributed by atoms with Crippen LogP contribution in [0.15, 0.2) is 36.8 Å². The molecule has 2 fully saturated rings. The van der Waals surface area contributed by atoms with Crippen molar-refractivity contribution in [1.82, 2.24) is 19.9 Å². The Bertz CT molecular complexity index is 1210. The van der Waals surface area contributed by atoms with Gasteiger partial charge in [0.1, 0.15) is 5.52 Å². The maximum Gasteiger partial charge on any atom is 0.254 e. The molecule has 0 spiro atoms. The Morgan fingerprint density at radius 2 is 2.00 bits per heavy atom. The fraction of sp³-hybridized carbons (Fsp3) is 0.318. The van der Waals surface area contributed by atoms with Gasteiger partial charge in [-0.25, -0.2) is 9.97 Å². The number of hydrogen-bond donors (Lipinski definition) is 3. The van der Waals surface area contributed by atoms with E-state index in [0.717, 1.165) is 25.7 Å². The molecule has 2 atom stereocenters. The van der Waals surface area contributed by atoms with E-state index in [1.165, 1.54) is 12.5 Å². The van der Waals surface area contributed by atoms with Crippen molar-refractivity contribution in [2.45, 2.75) is 43.8 Å². The van der Waals surface area contributed by atoms with Gasteiger partial charge in [0.05, 0.1) is 29.2 Å². The number of nitrogens with one attached hydrogen (secondary N) is 2. The molecule has 5 rings (SSSR count). The van der Waals surface area contributed by atoms with Gasteiger partial charge in [-0.1, -0.05) is 6.07 Å². The number of carbonyl (C=O) groups excluding carboxylic acids is 2. The number of nitrogens with zero attached hydrogens (tertiary/aromatic N) is 4. The lowest BCUT2D eigenvalue weighted by atomic mass is 9.95. The summed E-state index contributed by atoms with van der Waals surface area (Å²) in [7, 11) is 0. The molecule has 156 valence electrons. The number of piperidine rings is 1. The van der Waals surface area contributed by atoms with Crippen LogP contribution in [-0.4, -0.2) is 49.8 Å². The van der Waals surface area contributed by atoms with E-state index in [9.17, 15) is 9.59 Å². The molecule has 2 amide bonds. The minimum Gasteiger partial charge on any atom is -0.380 e. The molecule has 4 heterocycles. The third-order valence-electron chi connectivity index (χ3n) is 6.27. The zero-order valence-corrected chi connectivity index (χ0v) is 16.7. The second-order valence-corrected chi connectivity index (χ2v) is 8.11. The SMILES string of the molecule is N#Cc1cccc(C(=O)N2[C@H]3CC[C@H]2CC(Nc2c(C(N)=O)cnc4nc[nH]c24)C3)c1. The standard InChI is InChI=1S/C22H21N7O2/c23-9-12-2-1-3-13(6-12)22(31)29-15-4-5-16(29)8-14(7-15)28-18-17(20(24)30)10-25-21-19(18)26-11-27-21/h1-3,6,10-11,14-16H,4-5,7-8H2,(H2,24,30)(H2,25,26,27,28)/t15-,16-/m0/s1. The molecule has 0 aliphatic carbocycles. The second kappa shape index (κ2) is 7.40. The van der Waals surface area contributed by atoms with Gasteiger partial charge >= 0.3 is 0 Å². The fourth-order valence-electron chi connectivity index (χ4n) is 4.93. The number of primary amides is 1. The van der Waals surface area contributed by atoms with Crippen LogP contribution in [0.3, 0.4) is 0 Å². The van der Waals surface area contributed by atoms with Crippen molar-refractivity contribution < 1.29 is 9.59 Å². The number of rotatable bonds is 4. The lowest BCUT2D eigenvalue weighted by molar-refractivity contribution is 0.0583. The summed E-state index contributed by atoms with van der Waals surface area (Å²) >= 11 is 0. The maximum atomic E-state index is 13.2. The van der Waals surface area contributed by atoms with Crippen LogP contribution in [0.4, 0.5) is 5.69 Å². The fourth-order valence-corrected chi connectivity index (χ4v) is 4.93. The van der Waals surface area contributed by atoms with E-state index in [2.05, 4.69) is 26.3 Å². The lowest BCUT2D eigenvalue weighted by Crippen LogP contribution is -2.49. The Balaban J connectivity index is 1.39. The quantitative estimate of drug-likeness (QED) is 0.596. The summed E-state index contributed by atoms with van der Waals surface area (Å²) in [4.78, 5) is 38.5. The van der Waals surface area contributed by atoms with Gasteiger partial charge in [0.15, 0.2) is 5.65 Å². The molecule has 2 aliphatic heterocycles. The van der Waals surface area contributed by atoms with Crippen molar-refractivity contribution >= 4 is 28.7 Å². The molecule has 9 heteroatoms. The first-order chi connectivity index (χ1) is 15.0. The molecule has 1 aromatic carbocycles. The number of aromatic amines is 1. The highest BCUT2D eigenvalue weighted by molar-refractivity contribution is 6.04. The molecular weight excluding hydrogens is 394 g/mol. The minimum absolute atomic E-state index is 0.0271. The average molecular weight is 415 g/mol. The Kier molecular flexibility index (Phi) is 4.55. The third-order valence-corrected chi connectivity index (χ3v) is 6.27. The third kappa shape index (κ3) is 3.26. The van der Waals surface area contributed by atoms with Crippen molar-refractivity contribution in [2.24, 2.45) is 5.73 Å². The molecule has 0 unspecified atom stereocenters. The first-order valence-corrected chi connectivity index (χ1v) is 10.3. The van der Waals surface area contributed by atoms with Gasteiger partial charge < -0.3 is 20.9 Å². The molecule has 2 aromatic heterocycles. The summed E-state index contributed by atoms with van der Waals surface area (Å²) in [5.41, 5.74) is 8.69. The van der Waals surface area contributed by atoms with E-state index in [1.54, 1.807) is 24.3 Å². The van der Waals surface area contributed by atoms with Gasteiger partial charge in [0, 0.05) is 29.9 Å². The van der Waals surface area contributed by atoms with Crippen molar-refractivity contribution in [3.63, 3.8) is 0 Å². The van der Waals surface area contributed by atoms with Gasteiger partial charge in [-0.3, -0.25) is 9.59 Å². The molecule has 31 heavy (non-hydrogen) atoms. The molecule has 0 saturated carbocycles. The number of fused-ring (bicyclic) bond motifs is 3. The molecule has 2 saturated heterocycles. The van der Waals surface area contributed by atoms with Crippen molar-refractivity contribution in [1.29, 1.82) is 5.26 Å². The number of H-pyrrole nitrogens is 1. The lowest BCUT2D eigenvalue weighted by Gasteiger charge is -2.39. The Hall–Kier alpha value is -3.93. The number of imidazole rings is 1. The molecular formula is C22H21N7O2. The van der Waals surface area contributed by atoms with E-state index in [0.29, 0.717) is 33.5 Å². The number of benzene rings is 1. The highest BCUT2D eigenvalue weighted by Crippen LogP contribution is 2.38. The number of nitriles is 1. The van der Waals surface area contributed by atoms with E-state index in [1.807, 2.05) is 4.90 Å². The first-order valence-electron chi connectivity index (χ1n) is 10.3. The topological polar surface area (TPSA) is 141 Å². The first kappa shape index (κ1) is 19.1. The average Bonchev–Trinajstić information content (AvgIpc) is 3.36. The molecule has 2 bridgehead atoms. The summed E-state index contributed by atoms with van der Waals surface area (Å²) in [6, 6.07) is 9.23. The molecule has 9 nitrogen and oxygen atoms in total.